The Balaban J connectivity index is 1.57. The van der Waals surface area contributed by atoms with Crippen LogP contribution < -0.4 is 5.32 Å². The maximum absolute atomic E-state index is 12.9. The van der Waals surface area contributed by atoms with Gasteiger partial charge in [0.1, 0.15) is 0 Å². The second-order valence-corrected chi connectivity index (χ2v) is 7.30. The minimum Gasteiger partial charge on any atom is -0.337 e. The Kier molecular flexibility index (Phi) is 6.14. The molecule has 0 bridgehead atoms. The van der Waals surface area contributed by atoms with Crippen molar-refractivity contribution in [2.75, 3.05) is 25.5 Å². The molecule has 0 aromatic heterocycles. The molecule has 5 nitrogen and oxygen atoms in total. The number of para-hydroxylation sites is 1. The highest BCUT2D eigenvalue weighted by Crippen LogP contribution is 2.21. The standard InChI is InChI=1S/C21H24ClN3O2/c1-15(21(27)25-12-11-16-7-3-4-8-17(16)13-25)24(2)14-20(26)23-19-10-6-5-9-18(19)22/h3-10,15H,11-14H2,1-2H3,(H,23,26)/t15-/m0/s1. The van der Waals surface area contributed by atoms with Crippen LogP contribution in [0, 0.1) is 0 Å². The topological polar surface area (TPSA) is 52.7 Å². The van der Waals surface area contributed by atoms with E-state index in [-0.39, 0.29) is 24.4 Å². The number of hydrogen-bond donors (Lipinski definition) is 1. The minimum absolute atomic E-state index is 0.0394. The van der Waals surface area contributed by atoms with Gasteiger partial charge in [-0.1, -0.05) is 48.0 Å². The first-order valence-corrected chi connectivity index (χ1v) is 9.43. The van der Waals surface area contributed by atoms with E-state index in [9.17, 15) is 9.59 Å². The van der Waals surface area contributed by atoms with Crippen LogP contribution in [0.5, 0.6) is 0 Å². The van der Waals surface area contributed by atoms with Crippen molar-refractivity contribution in [3.8, 4) is 0 Å². The van der Waals surface area contributed by atoms with Gasteiger partial charge in [-0.3, -0.25) is 14.5 Å². The number of hydrogen-bond acceptors (Lipinski definition) is 3. The number of carbonyl (C=O) groups excluding carboxylic acids is 2. The summed E-state index contributed by atoms with van der Waals surface area (Å²) in [7, 11) is 1.78. The predicted molar refractivity (Wildman–Crippen MR) is 108 cm³/mol. The lowest BCUT2D eigenvalue weighted by molar-refractivity contribution is -0.137. The molecule has 0 unspecified atom stereocenters. The second-order valence-electron chi connectivity index (χ2n) is 6.90. The smallest absolute Gasteiger partial charge is 0.239 e. The summed E-state index contributed by atoms with van der Waals surface area (Å²) >= 11 is 6.07. The molecule has 0 radical (unpaired) electrons. The SMILES string of the molecule is C[C@@H](C(=O)N1CCc2ccccc2C1)N(C)CC(=O)Nc1ccccc1Cl. The number of nitrogens with one attached hydrogen (secondary N) is 1. The van der Waals surface area contributed by atoms with Gasteiger partial charge in [-0.05, 0) is 43.7 Å². The van der Waals surface area contributed by atoms with Gasteiger partial charge in [0.05, 0.1) is 23.3 Å². The molecule has 0 fully saturated rings. The average molecular weight is 386 g/mol. The Hall–Kier alpha value is -2.37. The van der Waals surface area contributed by atoms with Crippen LogP contribution in [0.3, 0.4) is 0 Å². The number of amides is 2. The van der Waals surface area contributed by atoms with Gasteiger partial charge in [0.25, 0.3) is 0 Å². The molecule has 0 saturated heterocycles. The third-order valence-electron chi connectivity index (χ3n) is 5.00. The van der Waals surface area contributed by atoms with Gasteiger partial charge in [0.2, 0.25) is 11.8 Å². The summed E-state index contributed by atoms with van der Waals surface area (Å²) in [6.45, 7) is 3.28. The predicted octanol–water partition coefficient (Wildman–Crippen LogP) is 3.18. The van der Waals surface area contributed by atoms with Gasteiger partial charge < -0.3 is 10.2 Å². The molecule has 2 aromatic rings. The highest BCUT2D eigenvalue weighted by molar-refractivity contribution is 6.33. The van der Waals surface area contributed by atoms with Gasteiger partial charge in [-0.2, -0.15) is 0 Å². The van der Waals surface area contributed by atoms with Crippen molar-refractivity contribution >= 4 is 29.1 Å². The van der Waals surface area contributed by atoms with E-state index in [1.165, 1.54) is 11.1 Å². The molecule has 1 N–H and O–H groups in total. The van der Waals surface area contributed by atoms with E-state index in [4.69, 9.17) is 11.6 Å². The lowest BCUT2D eigenvalue weighted by Crippen LogP contribution is -2.49. The molecular weight excluding hydrogens is 362 g/mol. The normalized spacial score (nSPS) is 14.6. The van der Waals surface area contributed by atoms with Crippen molar-refractivity contribution < 1.29 is 9.59 Å². The number of rotatable bonds is 5. The highest BCUT2D eigenvalue weighted by atomic mass is 35.5. The first-order chi connectivity index (χ1) is 13.0. The van der Waals surface area contributed by atoms with Crippen LogP contribution in [-0.4, -0.2) is 47.8 Å². The highest BCUT2D eigenvalue weighted by Gasteiger charge is 2.27. The van der Waals surface area contributed by atoms with E-state index in [1.807, 2.05) is 36.1 Å². The molecule has 0 saturated carbocycles. The van der Waals surface area contributed by atoms with E-state index in [1.54, 1.807) is 24.1 Å². The molecule has 142 valence electrons. The molecule has 1 aliphatic heterocycles. The van der Waals surface area contributed by atoms with Crippen LogP contribution in [0.4, 0.5) is 5.69 Å². The summed E-state index contributed by atoms with van der Waals surface area (Å²) in [5.41, 5.74) is 3.08. The quantitative estimate of drug-likeness (QED) is 0.860. The van der Waals surface area contributed by atoms with Crippen LogP contribution in [0.25, 0.3) is 0 Å². The lowest BCUT2D eigenvalue weighted by Gasteiger charge is -2.33. The van der Waals surface area contributed by atoms with Crippen molar-refractivity contribution in [1.82, 2.24) is 9.80 Å². The Bertz CT molecular complexity index is 840. The van der Waals surface area contributed by atoms with Crippen LogP contribution in [0.15, 0.2) is 48.5 Å². The average Bonchev–Trinajstić information content (AvgIpc) is 2.68. The summed E-state index contributed by atoms with van der Waals surface area (Å²) in [6.07, 6.45) is 0.866. The van der Waals surface area contributed by atoms with Crippen LogP contribution in [-0.2, 0) is 22.6 Å². The molecule has 3 rings (SSSR count). The summed E-state index contributed by atoms with van der Waals surface area (Å²) < 4.78 is 0. The maximum atomic E-state index is 12.9. The Morgan fingerprint density at radius 3 is 2.56 bits per heavy atom. The fourth-order valence-electron chi connectivity index (χ4n) is 3.25. The largest absolute Gasteiger partial charge is 0.337 e. The fraction of sp³-hybridized carbons (Fsp3) is 0.333. The zero-order chi connectivity index (χ0) is 19.4. The third-order valence-corrected chi connectivity index (χ3v) is 5.33. The summed E-state index contributed by atoms with van der Waals surface area (Å²) in [5.74, 6) is -0.160. The van der Waals surface area contributed by atoms with Crippen LogP contribution in [0.2, 0.25) is 5.02 Å². The van der Waals surface area contributed by atoms with Crippen LogP contribution in [0.1, 0.15) is 18.1 Å². The number of fused-ring (bicyclic) bond motifs is 1. The van der Waals surface area contributed by atoms with Crippen molar-refractivity contribution in [2.45, 2.75) is 25.9 Å². The minimum atomic E-state index is -0.382. The van der Waals surface area contributed by atoms with E-state index in [0.29, 0.717) is 23.8 Å². The molecule has 6 heteroatoms. The molecule has 1 heterocycles. The monoisotopic (exact) mass is 385 g/mol. The van der Waals surface area contributed by atoms with Crippen molar-refractivity contribution in [3.63, 3.8) is 0 Å². The van der Waals surface area contributed by atoms with E-state index in [0.717, 1.165) is 6.42 Å². The number of likely N-dealkylation sites (N-methyl/N-ethyl adjacent to an activating group) is 1. The molecule has 2 aromatic carbocycles. The molecule has 0 spiro atoms. The second kappa shape index (κ2) is 8.55. The molecular formula is C21H24ClN3O2. The molecule has 0 aliphatic carbocycles. The van der Waals surface area contributed by atoms with Crippen molar-refractivity contribution in [3.05, 3.63) is 64.7 Å². The fourth-order valence-corrected chi connectivity index (χ4v) is 3.44. The van der Waals surface area contributed by atoms with Crippen LogP contribution >= 0.6 is 11.6 Å². The first kappa shape index (κ1) is 19.4. The first-order valence-electron chi connectivity index (χ1n) is 9.06. The zero-order valence-electron chi connectivity index (χ0n) is 15.6. The van der Waals surface area contributed by atoms with Crippen molar-refractivity contribution in [1.29, 1.82) is 0 Å². The summed E-state index contributed by atoms with van der Waals surface area (Å²) in [5, 5.41) is 3.28. The molecule has 27 heavy (non-hydrogen) atoms. The van der Waals surface area contributed by atoms with Gasteiger partial charge in [0, 0.05) is 13.1 Å². The maximum Gasteiger partial charge on any atom is 0.239 e. The van der Waals surface area contributed by atoms with Gasteiger partial charge >= 0.3 is 0 Å². The zero-order valence-corrected chi connectivity index (χ0v) is 16.4. The molecule has 1 atom stereocenters. The van der Waals surface area contributed by atoms with E-state index >= 15 is 0 Å². The molecule has 1 aliphatic rings. The lowest BCUT2D eigenvalue weighted by atomic mass is 9.99. The van der Waals surface area contributed by atoms with E-state index < -0.39 is 0 Å². The summed E-state index contributed by atoms with van der Waals surface area (Å²) in [6, 6.07) is 14.9. The number of nitrogens with zero attached hydrogens (tertiary/aromatic N) is 2. The Morgan fingerprint density at radius 2 is 1.81 bits per heavy atom. The van der Waals surface area contributed by atoms with Gasteiger partial charge in [-0.15, -0.1) is 0 Å². The van der Waals surface area contributed by atoms with Gasteiger partial charge in [-0.25, -0.2) is 0 Å². The Labute approximate surface area is 164 Å². The Morgan fingerprint density at radius 1 is 1.15 bits per heavy atom. The van der Waals surface area contributed by atoms with Crippen molar-refractivity contribution in [2.24, 2.45) is 0 Å². The third kappa shape index (κ3) is 4.67. The number of benzene rings is 2. The number of carbonyl (C=O) groups is 2. The van der Waals surface area contributed by atoms with E-state index in [2.05, 4.69) is 17.4 Å². The van der Waals surface area contributed by atoms with Gasteiger partial charge in [0.15, 0.2) is 0 Å². The number of anilines is 1. The number of halogens is 1. The summed E-state index contributed by atoms with van der Waals surface area (Å²) in [4.78, 5) is 28.8. The molecule has 2 amide bonds.